The van der Waals surface area contributed by atoms with Gasteiger partial charge >= 0.3 is 0 Å². The summed E-state index contributed by atoms with van der Waals surface area (Å²) in [5, 5.41) is 14.1. The van der Waals surface area contributed by atoms with Crippen molar-refractivity contribution in [1.82, 2.24) is 10.1 Å². The largest absolute Gasteiger partial charge is 0.506 e. The van der Waals surface area contributed by atoms with Gasteiger partial charge in [-0.15, -0.1) is 0 Å². The Morgan fingerprint density at radius 3 is 2.44 bits per heavy atom. The average molecular weight is 268 g/mol. The van der Waals surface area contributed by atoms with Crippen molar-refractivity contribution in [3.63, 3.8) is 0 Å². The smallest absolute Gasteiger partial charge is 0.240 e. The monoisotopic (exact) mass is 267 g/mol. The summed E-state index contributed by atoms with van der Waals surface area (Å²) in [7, 11) is 0. The molecule has 0 saturated carbocycles. The van der Waals surface area contributed by atoms with Crippen LogP contribution in [0.15, 0.2) is 4.52 Å². The summed E-state index contributed by atoms with van der Waals surface area (Å²) < 4.78 is 5.00. The molecular formula is C12H14ClN3O2. The van der Waals surface area contributed by atoms with Gasteiger partial charge in [-0.25, -0.2) is 0 Å². The van der Waals surface area contributed by atoms with Crippen molar-refractivity contribution in [1.29, 1.82) is 0 Å². The molecule has 0 unspecified atom stereocenters. The number of hydrogen-bond donors (Lipinski definition) is 2. The van der Waals surface area contributed by atoms with Crippen molar-refractivity contribution in [2.24, 2.45) is 5.73 Å². The molecule has 0 aliphatic carbocycles. The molecule has 0 bridgehead atoms. The number of hydrogen-bond acceptors (Lipinski definition) is 5. The highest BCUT2D eigenvalue weighted by atomic mass is 35.5. The van der Waals surface area contributed by atoms with Gasteiger partial charge in [0, 0.05) is 5.56 Å². The molecule has 1 heterocycles. The van der Waals surface area contributed by atoms with Crippen molar-refractivity contribution in [3.8, 4) is 17.1 Å². The van der Waals surface area contributed by atoms with E-state index in [1.807, 2.05) is 13.8 Å². The van der Waals surface area contributed by atoms with Gasteiger partial charge in [0.25, 0.3) is 0 Å². The van der Waals surface area contributed by atoms with Crippen LogP contribution in [0.4, 0.5) is 0 Å². The fourth-order valence-electron chi connectivity index (χ4n) is 1.87. The first-order chi connectivity index (χ1) is 8.47. The summed E-state index contributed by atoms with van der Waals surface area (Å²) in [5.74, 6) is 0.902. The van der Waals surface area contributed by atoms with Gasteiger partial charge in [-0.05, 0) is 37.5 Å². The predicted octanol–water partition coefficient (Wildman–Crippen LogP) is 2.48. The van der Waals surface area contributed by atoms with E-state index in [2.05, 4.69) is 10.1 Å². The maximum absolute atomic E-state index is 9.87. The normalized spacial score (nSPS) is 10.9. The van der Waals surface area contributed by atoms with Gasteiger partial charge in [0.2, 0.25) is 11.7 Å². The zero-order valence-corrected chi connectivity index (χ0v) is 11.2. The Morgan fingerprint density at radius 2 is 1.89 bits per heavy atom. The van der Waals surface area contributed by atoms with Crippen molar-refractivity contribution >= 4 is 11.6 Å². The third kappa shape index (κ3) is 1.85. The van der Waals surface area contributed by atoms with Gasteiger partial charge < -0.3 is 15.4 Å². The van der Waals surface area contributed by atoms with Crippen LogP contribution < -0.4 is 5.73 Å². The number of nitrogens with two attached hydrogens (primary N) is 1. The number of halogens is 1. The average Bonchev–Trinajstić information content (AvgIpc) is 2.83. The minimum absolute atomic E-state index is 0.0953. The number of aromatic nitrogens is 2. The van der Waals surface area contributed by atoms with E-state index >= 15 is 0 Å². The Labute approximate surface area is 110 Å². The third-order valence-electron chi connectivity index (χ3n) is 3.07. The molecule has 5 nitrogen and oxygen atoms in total. The lowest BCUT2D eigenvalue weighted by Gasteiger charge is -2.13. The Morgan fingerprint density at radius 1 is 1.22 bits per heavy atom. The first-order valence-corrected chi connectivity index (χ1v) is 5.86. The van der Waals surface area contributed by atoms with E-state index in [1.165, 1.54) is 0 Å². The lowest BCUT2D eigenvalue weighted by molar-refractivity contribution is 0.380. The Bertz CT molecular complexity index is 579. The third-order valence-corrected chi connectivity index (χ3v) is 3.53. The van der Waals surface area contributed by atoms with Crippen LogP contribution in [-0.4, -0.2) is 15.2 Å². The minimum Gasteiger partial charge on any atom is -0.506 e. The highest BCUT2D eigenvalue weighted by molar-refractivity contribution is 6.33. The summed E-state index contributed by atoms with van der Waals surface area (Å²) in [4.78, 5) is 4.19. The summed E-state index contributed by atoms with van der Waals surface area (Å²) >= 11 is 6.09. The molecule has 6 heteroatoms. The van der Waals surface area contributed by atoms with Crippen LogP contribution in [-0.2, 0) is 6.54 Å². The van der Waals surface area contributed by atoms with E-state index in [4.69, 9.17) is 21.9 Å². The highest BCUT2D eigenvalue weighted by Crippen LogP contribution is 2.39. The van der Waals surface area contributed by atoms with E-state index in [9.17, 15) is 5.11 Å². The van der Waals surface area contributed by atoms with Crippen LogP contribution in [0.1, 0.15) is 22.6 Å². The van der Waals surface area contributed by atoms with E-state index < -0.39 is 0 Å². The minimum atomic E-state index is 0.0953. The van der Waals surface area contributed by atoms with Gasteiger partial charge in [0.1, 0.15) is 5.75 Å². The lowest BCUT2D eigenvalue weighted by atomic mass is 9.97. The van der Waals surface area contributed by atoms with Gasteiger partial charge in [0.15, 0.2) is 0 Å². The number of benzene rings is 1. The van der Waals surface area contributed by atoms with Gasteiger partial charge in [0.05, 0.1) is 11.6 Å². The van der Waals surface area contributed by atoms with Crippen LogP contribution >= 0.6 is 11.6 Å². The van der Waals surface area contributed by atoms with Gasteiger partial charge in [-0.3, -0.25) is 0 Å². The molecule has 0 amide bonds. The Balaban J connectivity index is 2.71. The molecular weight excluding hydrogens is 254 g/mol. The summed E-state index contributed by atoms with van der Waals surface area (Å²) in [6.45, 7) is 5.67. The topological polar surface area (TPSA) is 85.2 Å². The molecule has 0 radical (unpaired) electrons. The zero-order valence-electron chi connectivity index (χ0n) is 10.4. The maximum Gasteiger partial charge on any atom is 0.240 e. The van der Waals surface area contributed by atoms with Crippen molar-refractivity contribution in [2.75, 3.05) is 0 Å². The van der Waals surface area contributed by atoms with E-state index in [0.717, 1.165) is 16.7 Å². The first-order valence-electron chi connectivity index (χ1n) is 5.48. The number of nitrogens with zero attached hydrogens (tertiary/aromatic N) is 2. The van der Waals surface area contributed by atoms with Crippen LogP contribution in [0.3, 0.4) is 0 Å². The predicted molar refractivity (Wildman–Crippen MR) is 68.5 cm³/mol. The highest BCUT2D eigenvalue weighted by Gasteiger charge is 2.20. The number of phenols is 1. The second-order valence-corrected chi connectivity index (χ2v) is 4.51. The molecule has 3 N–H and O–H groups in total. The standard InChI is InChI=1S/C12H14ClN3O2/c1-5-6(2)11(17)10(13)7(3)9(5)12-15-8(4-14)18-16-12/h17H,4,14H2,1-3H3. The van der Waals surface area contributed by atoms with Crippen LogP contribution in [0, 0.1) is 20.8 Å². The van der Waals surface area contributed by atoms with E-state index in [0.29, 0.717) is 22.3 Å². The fourth-order valence-corrected chi connectivity index (χ4v) is 2.11. The van der Waals surface area contributed by atoms with E-state index in [1.54, 1.807) is 6.92 Å². The second-order valence-electron chi connectivity index (χ2n) is 4.13. The van der Waals surface area contributed by atoms with Gasteiger partial charge in [-0.2, -0.15) is 4.98 Å². The molecule has 0 saturated heterocycles. The zero-order chi connectivity index (χ0) is 13.4. The van der Waals surface area contributed by atoms with Crippen LogP contribution in [0.2, 0.25) is 5.02 Å². The summed E-state index contributed by atoms with van der Waals surface area (Å²) in [5.41, 5.74) is 8.52. The maximum atomic E-state index is 9.87. The van der Waals surface area contributed by atoms with Crippen LogP contribution in [0.5, 0.6) is 5.75 Å². The molecule has 0 spiro atoms. The molecule has 96 valence electrons. The second kappa shape index (κ2) is 4.59. The molecule has 1 aromatic carbocycles. The van der Waals surface area contributed by atoms with Crippen molar-refractivity contribution < 1.29 is 9.63 Å². The van der Waals surface area contributed by atoms with Crippen molar-refractivity contribution in [2.45, 2.75) is 27.3 Å². The molecule has 0 fully saturated rings. The summed E-state index contributed by atoms with van der Waals surface area (Å²) in [6.07, 6.45) is 0. The number of rotatable bonds is 2. The Kier molecular flexibility index (Phi) is 3.28. The quantitative estimate of drug-likeness (QED) is 0.873. The molecule has 1 aromatic heterocycles. The fraction of sp³-hybridized carbons (Fsp3) is 0.333. The van der Waals surface area contributed by atoms with Gasteiger partial charge in [-0.1, -0.05) is 16.8 Å². The molecule has 18 heavy (non-hydrogen) atoms. The molecule has 2 aromatic rings. The summed E-state index contributed by atoms with van der Waals surface area (Å²) in [6, 6.07) is 0. The molecule has 0 aliphatic rings. The lowest BCUT2D eigenvalue weighted by Crippen LogP contribution is -1.98. The number of phenolic OH excluding ortho intramolecular Hbond substituents is 1. The SMILES string of the molecule is Cc1c(C)c(-c2noc(CN)n2)c(C)c(Cl)c1O. The Hall–Kier alpha value is -1.59. The van der Waals surface area contributed by atoms with Crippen LogP contribution in [0.25, 0.3) is 11.4 Å². The van der Waals surface area contributed by atoms with Crippen molar-refractivity contribution in [3.05, 3.63) is 27.6 Å². The number of aromatic hydroxyl groups is 1. The molecule has 0 atom stereocenters. The first kappa shape index (κ1) is 12.9. The molecule has 2 rings (SSSR count). The molecule has 0 aliphatic heterocycles. The van der Waals surface area contributed by atoms with E-state index in [-0.39, 0.29) is 12.3 Å².